The maximum atomic E-state index is 13.5. The van der Waals surface area contributed by atoms with E-state index in [2.05, 4.69) is 4.74 Å². The normalized spacial score (nSPS) is 12.2. The van der Waals surface area contributed by atoms with Gasteiger partial charge in [-0.3, -0.25) is 14.2 Å². The second-order valence-electron chi connectivity index (χ2n) is 7.58. The average molecular weight is 480 g/mol. The van der Waals surface area contributed by atoms with Crippen molar-refractivity contribution in [1.29, 1.82) is 0 Å². The molecule has 2 aromatic carbocycles. The number of aromatic nitrogens is 1. The Bertz CT molecular complexity index is 1170. The van der Waals surface area contributed by atoms with Gasteiger partial charge in [0.2, 0.25) is 0 Å². The minimum Gasteiger partial charge on any atom is -0.495 e. The van der Waals surface area contributed by atoms with Gasteiger partial charge < -0.3 is 14.6 Å². The minimum atomic E-state index is -2.97. The predicted molar refractivity (Wildman–Crippen MR) is 121 cm³/mol. The number of halogens is 3. The minimum absolute atomic E-state index is 0.0744. The summed E-state index contributed by atoms with van der Waals surface area (Å²) in [5.74, 6) is -1.97. The Hall–Kier alpha value is -3.13. The molecular formula is C24H24ClF2NO5. The summed E-state index contributed by atoms with van der Waals surface area (Å²) in [5.41, 5.74) is 1.65. The van der Waals surface area contributed by atoms with Crippen LogP contribution in [0, 0.1) is 6.92 Å². The molecule has 9 heteroatoms. The van der Waals surface area contributed by atoms with Crippen LogP contribution in [0.5, 0.6) is 11.5 Å². The van der Waals surface area contributed by atoms with Crippen LogP contribution in [0.1, 0.15) is 53.7 Å². The number of unbranched alkanes of at least 4 members (excludes halogenated alkanes) is 1. The van der Waals surface area contributed by atoms with Crippen molar-refractivity contribution in [3.05, 3.63) is 58.2 Å². The number of alkyl halides is 2. The van der Waals surface area contributed by atoms with Gasteiger partial charge in [-0.1, -0.05) is 31.4 Å². The molecule has 0 fully saturated rings. The van der Waals surface area contributed by atoms with Crippen LogP contribution in [0.2, 0.25) is 5.02 Å². The van der Waals surface area contributed by atoms with E-state index in [0.29, 0.717) is 40.8 Å². The number of nitrogens with zero attached hydrogens (tertiary/aromatic N) is 1. The van der Waals surface area contributed by atoms with Crippen LogP contribution in [-0.2, 0) is 4.79 Å². The van der Waals surface area contributed by atoms with Crippen molar-refractivity contribution in [2.75, 3.05) is 7.11 Å². The zero-order valence-corrected chi connectivity index (χ0v) is 19.2. The van der Waals surface area contributed by atoms with Gasteiger partial charge in [0.05, 0.1) is 23.6 Å². The van der Waals surface area contributed by atoms with Crippen LogP contribution in [-0.4, -0.2) is 35.3 Å². The highest BCUT2D eigenvalue weighted by molar-refractivity contribution is 6.33. The second kappa shape index (κ2) is 10.2. The molecule has 1 atom stereocenters. The lowest BCUT2D eigenvalue weighted by Gasteiger charge is -2.14. The Balaban J connectivity index is 2.20. The highest BCUT2D eigenvalue weighted by Crippen LogP contribution is 2.40. The molecule has 0 aliphatic carbocycles. The number of rotatable bonds is 9. The third-order valence-electron chi connectivity index (χ3n) is 5.55. The Morgan fingerprint density at radius 3 is 2.39 bits per heavy atom. The molecule has 0 saturated carbocycles. The summed E-state index contributed by atoms with van der Waals surface area (Å²) >= 11 is 6.33. The smallest absolute Gasteiger partial charge is 0.387 e. The molecule has 3 aromatic rings. The fraction of sp³-hybridized carbons (Fsp3) is 0.333. The Morgan fingerprint density at radius 1 is 1.18 bits per heavy atom. The highest BCUT2D eigenvalue weighted by atomic mass is 35.5. The SMILES string of the molecule is CCCCC(C(=O)O)c1c(C)n(C(=O)c2ccc(OC(F)F)cc2)c2cc(Cl)c(OC)cc12. The van der Waals surface area contributed by atoms with Gasteiger partial charge in [-0.25, -0.2) is 0 Å². The first-order valence-corrected chi connectivity index (χ1v) is 10.8. The lowest BCUT2D eigenvalue weighted by molar-refractivity contribution is -0.139. The van der Waals surface area contributed by atoms with E-state index < -0.39 is 24.4 Å². The van der Waals surface area contributed by atoms with E-state index >= 15 is 0 Å². The fourth-order valence-corrected chi connectivity index (χ4v) is 4.24. The summed E-state index contributed by atoms with van der Waals surface area (Å²) in [6.45, 7) is 0.685. The molecule has 0 radical (unpaired) electrons. The number of hydrogen-bond acceptors (Lipinski definition) is 4. The first-order chi connectivity index (χ1) is 15.7. The zero-order valence-electron chi connectivity index (χ0n) is 18.4. The Morgan fingerprint density at radius 2 is 1.85 bits per heavy atom. The largest absolute Gasteiger partial charge is 0.495 e. The number of carboxylic acid groups (broad SMARTS) is 1. The first-order valence-electron chi connectivity index (χ1n) is 10.4. The van der Waals surface area contributed by atoms with Gasteiger partial charge in [0.25, 0.3) is 5.91 Å². The van der Waals surface area contributed by atoms with Gasteiger partial charge in [-0.15, -0.1) is 0 Å². The monoisotopic (exact) mass is 479 g/mol. The summed E-state index contributed by atoms with van der Waals surface area (Å²) in [4.78, 5) is 25.6. The van der Waals surface area contributed by atoms with Crippen molar-refractivity contribution >= 4 is 34.4 Å². The molecule has 1 N–H and O–H groups in total. The molecule has 3 rings (SSSR count). The molecule has 1 heterocycles. The van der Waals surface area contributed by atoms with Gasteiger partial charge in [-0.2, -0.15) is 8.78 Å². The Kier molecular flexibility index (Phi) is 7.58. The van der Waals surface area contributed by atoms with E-state index in [1.807, 2.05) is 6.92 Å². The fourth-order valence-electron chi connectivity index (χ4n) is 4.01. The average Bonchev–Trinajstić information content (AvgIpc) is 3.03. The summed E-state index contributed by atoms with van der Waals surface area (Å²) in [6.07, 6.45) is 1.93. The van der Waals surface area contributed by atoms with Crippen molar-refractivity contribution in [1.82, 2.24) is 4.57 Å². The number of ether oxygens (including phenoxy) is 2. The molecule has 1 unspecified atom stereocenters. The molecular weight excluding hydrogens is 456 g/mol. The molecule has 1 aromatic heterocycles. The lowest BCUT2D eigenvalue weighted by atomic mass is 9.91. The summed E-state index contributed by atoms with van der Waals surface area (Å²) < 4.78 is 35.9. The van der Waals surface area contributed by atoms with E-state index in [9.17, 15) is 23.5 Å². The van der Waals surface area contributed by atoms with Gasteiger partial charge in [0, 0.05) is 16.6 Å². The molecule has 0 aliphatic rings. The number of carbonyl (C=O) groups is 2. The number of benzene rings is 2. The first kappa shape index (κ1) is 24.5. The topological polar surface area (TPSA) is 77.8 Å². The molecule has 0 aliphatic heterocycles. The van der Waals surface area contributed by atoms with E-state index in [4.69, 9.17) is 16.3 Å². The third-order valence-corrected chi connectivity index (χ3v) is 5.84. The highest BCUT2D eigenvalue weighted by Gasteiger charge is 2.30. The maximum absolute atomic E-state index is 13.5. The predicted octanol–water partition coefficient (Wildman–Crippen LogP) is 6.26. The van der Waals surface area contributed by atoms with Crippen molar-refractivity contribution < 1.29 is 33.0 Å². The van der Waals surface area contributed by atoms with Crippen LogP contribution in [0.15, 0.2) is 36.4 Å². The van der Waals surface area contributed by atoms with Crippen LogP contribution < -0.4 is 9.47 Å². The van der Waals surface area contributed by atoms with Gasteiger partial charge in [0.15, 0.2) is 0 Å². The van der Waals surface area contributed by atoms with E-state index in [1.165, 1.54) is 35.9 Å². The van der Waals surface area contributed by atoms with Crippen LogP contribution in [0.25, 0.3) is 10.9 Å². The molecule has 33 heavy (non-hydrogen) atoms. The zero-order chi connectivity index (χ0) is 24.3. The third kappa shape index (κ3) is 4.95. The van der Waals surface area contributed by atoms with Gasteiger partial charge in [0.1, 0.15) is 11.5 Å². The molecule has 176 valence electrons. The summed E-state index contributed by atoms with van der Waals surface area (Å²) in [7, 11) is 1.45. The van der Waals surface area contributed by atoms with E-state index in [1.54, 1.807) is 19.1 Å². The van der Waals surface area contributed by atoms with Crippen LogP contribution in [0.4, 0.5) is 8.78 Å². The van der Waals surface area contributed by atoms with Crippen molar-refractivity contribution in [3.63, 3.8) is 0 Å². The van der Waals surface area contributed by atoms with Gasteiger partial charge >= 0.3 is 12.6 Å². The van der Waals surface area contributed by atoms with Crippen LogP contribution >= 0.6 is 11.6 Å². The summed E-state index contributed by atoms with van der Waals surface area (Å²) in [6, 6.07) is 8.52. The van der Waals surface area contributed by atoms with Crippen molar-refractivity contribution in [3.8, 4) is 11.5 Å². The lowest BCUT2D eigenvalue weighted by Crippen LogP contribution is -2.16. The van der Waals surface area contributed by atoms with Crippen LogP contribution in [0.3, 0.4) is 0 Å². The number of carboxylic acids is 1. The standard InChI is InChI=1S/C24H24ClF2NO5/c1-4-5-6-16(23(30)31)21-13(2)28(19-12-18(25)20(32-3)11-17(19)21)22(29)14-7-9-15(10-8-14)33-24(26)27/h7-12,16,24H,4-6H2,1-3H3,(H,30,31). The van der Waals surface area contributed by atoms with Crippen molar-refractivity contribution in [2.24, 2.45) is 0 Å². The second-order valence-corrected chi connectivity index (χ2v) is 7.99. The Labute approximate surface area is 194 Å². The molecule has 0 spiro atoms. The number of hydrogen-bond donors (Lipinski definition) is 1. The van der Waals surface area contributed by atoms with Crippen molar-refractivity contribution in [2.45, 2.75) is 45.6 Å². The van der Waals surface area contributed by atoms with E-state index in [0.717, 1.165) is 6.42 Å². The molecule has 6 nitrogen and oxygen atoms in total. The number of fused-ring (bicyclic) bond motifs is 1. The number of aliphatic carboxylic acids is 1. The summed E-state index contributed by atoms with van der Waals surface area (Å²) in [5, 5.41) is 10.8. The number of carbonyl (C=O) groups excluding carboxylic acids is 1. The molecule has 0 saturated heterocycles. The quantitative estimate of drug-likeness (QED) is 0.392. The molecule has 0 bridgehead atoms. The van der Waals surface area contributed by atoms with Gasteiger partial charge in [-0.05, 0) is 55.3 Å². The van der Waals surface area contributed by atoms with E-state index in [-0.39, 0.29) is 16.3 Å². The number of methoxy groups -OCH3 is 1. The molecule has 0 amide bonds. The maximum Gasteiger partial charge on any atom is 0.387 e.